The van der Waals surface area contributed by atoms with Crippen LogP contribution in [-0.4, -0.2) is 17.0 Å². The van der Waals surface area contributed by atoms with Gasteiger partial charge in [-0.3, -0.25) is 0 Å². The highest BCUT2D eigenvalue weighted by Crippen LogP contribution is 2.63. The summed E-state index contributed by atoms with van der Waals surface area (Å²) in [5.74, 6) is 0. The summed E-state index contributed by atoms with van der Waals surface area (Å²) in [5.41, 5.74) is -3.34. The molecule has 2 aromatic rings. The Morgan fingerprint density at radius 3 is 1.22 bits per heavy atom. The molecule has 0 nitrogen and oxygen atoms in total. The molecule has 49 heavy (non-hydrogen) atoms. The zero-order valence-electron chi connectivity index (χ0n) is 26.3. The van der Waals surface area contributed by atoms with Crippen LogP contribution in [0.4, 0.5) is 52.7 Å². The average molecular weight is 744 g/mol. The number of rotatable bonds is 7. The molecule has 14 heteroatoms. The maximum atomic E-state index is 14.0. The first-order valence-electron chi connectivity index (χ1n) is 16.0. The third kappa shape index (κ3) is 8.79. The molecule has 0 aliphatic heterocycles. The minimum absolute atomic E-state index is 0.0125. The number of allylic oxidation sites excluding steroid dienone is 3. The van der Waals surface area contributed by atoms with Crippen LogP contribution in [0.2, 0.25) is 0 Å². The Bertz CT molecular complexity index is 1440. The molecule has 0 unspecified atom stereocenters. The van der Waals surface area contributed by atoms with Crippen molar-refractivity contribution in [2.24, 2.45) is 0 Å². The second-order valence-corrected chi connectivity index (χ2v) is 18.0. The van der Waals surface area contributed by atoms with Crippen molar-refractivity contribution < 1.29 is 52.7 Å². The van der Waals surface area contributed by atoms with Gasteiger partial charge in [-0.05, 0) is 110 Å². The molecule has 0 aromatic heterocycles. The Labute approximate surface area is 279 Å². The van der Waals surface area contributed by atoms with Gasteiger partial charge in [0.2, 0.25) is 0 Å². The summed E-state index contributed by atoms with van der Waals surface area (Å²) < 4.78 is 168. The van der Waals surface area contributed by atoms with Gasteiger partial charge < -0.3 is 0 Å². The summed E-state index contributed by atoms with van der Waals surface area (Å²) in [6, 6.07) is 1.37. The lowest BCUT2D eigenvalue weighted by atomic mass is 9.99. The molecular formula is C35H33F12P2. The normalized spacial score (nSPS) is 19.5. The van der Waals surface area contributed by atoms with Crippen LogP contribution in [0, 0.1) is 6.08 Å². The minimum Gasteiger partial charge on any atom is -0.166 e. The lowest BCUT2D eigenvalue weighted by Crippen LogP contribution is -2.28. The SMILES string of the molecule is C[C@@H](C1=[C]C=C=C1P(c1cc(C(F)(F)F)cc(C(F)(F)F)c1)c1cc(C(F)(F)F)cc(C(F)(F)F)c1)P(C1CCCCC1)C1CCCCC1. The van der Waals surface area contributed by atoms with E-state index in [0.29, 0.717) is 41.2 Å². The van der Waals surface area contributed by atoms with E-state index in [0.717, 1.165) is 64.2 Å². The first kappa shape index (κ1) is 38.0. The van der Waals surface area contributed by atoms with Gasteiger partial charge in [0.15, 0.2) is 0 Å². The quantitative estimate of drug-likeness (QED) is 0.151. The number of hydrogen-bond acceptors (Lipinski definition) is 0. The molecule has 3 aliphatic carbocycles. The smallest absolute Gasteiger partial charge is 0.166 e. The van der Waals surface area contributed by atoms with E-state index in [4.69, 9.17) is 0 Å². The molecule has 3 aliphatic rings. The maximum absolute atomic E-state index is 14.0. The van der Waals surface area contributed by atoms with E-state index in [9.17, 15) is 52.7 Å². The molecule has 0 heterocycles. The summed E-state index contributed by atoms with van der Waals surface area (Å²) in [5, 5.41) is -1.39. The molecule has 0 amide bonds. The van der Waals surface area contributed by atoms with Crippen LogP contribution < -0.4 is 10.6 Å². The zero-order chi connectivity index (χ0) is 35.9. The third-order valence-corrected chi connectivity index (χ3v) is 15.7. The fourth-order valence-corrected chi connectivity index (χ4v) is 14.2. The van der Waals surface area contributed by atoms with Crippen LogP contribution in [0.3, 0.4) is 0 Å². The third-order valence-electron chi connectivity index (χ3n) is 9.43. The van der Waals surface area contributed by atoms with Crippen LogP contribution in [0.25, 0.3) is 0 Å². The molecule has 0 bridgehead atoms. The van der Waals surface area contributed by atoms with Crippen molar-refractivity contribution in [2.45, 2.75) is 113 Å². The predicted molar refractivity (Wildman–Crippen MR) is 168 cm³/mol. The Hall–Kier alpha value is -2.28. The second kappa shape index (κ2) is 14.4. The topological polar surface area (TPSA) is 0 Å². The molecule has 0 saturated heterocycles. The van der Waals surface area contributed by atoms with Crippen LogP contribution in [0.5, 0.6) is 0 Å². The average Bonchev–Trinajstić information content (AvgIpc) is 3.50. The molecule has 267 valence electrons. The zero-order valence-corrected chi connectivity index (χ0v) is 28.1. The highest BCUT2D eigenvalue weighted by atomic mass is 31.1. The van der Waals surface area contributed by atoms with E-state index < -0.39 is 73.4 Å². The number of hydrogen-bond donors (Lipinski definition) is 0. The summed E-state index contributed by atoms with van der Waals surface area (Å²) in [6.45, 7) is 1.91. The van der Waals surface area contributed by atoms with Gasteiger partial charge in [0.25, 0.3) is 0 Å². The standard InChI is InChI=1S/C35H33F12P2/c1-21(48(26-9-4-2-5-10-26)27-11-6-3-7-12-27)30-13-8-14-31(30)49(28-17-22(32(36,37)38)15-23(18-28)33(39,40)41)29-19-24(34(42,43)44)16-25(20-29)35(45,46)47/h8,15-21,26-27H,2-7,9-12H2,1H3/t21-/m0/s1. The second-order valence-electron chi connectivity index (χ2n) is 12.8. The molecule has 2 aromatic carbocycles. The monoisotopic (exact) mass is 743 g/mol. The summed E-state index contributed by atoms with van der Waals surface area (Å²) in [6.07, 6.45) is -6.86. The van der Waals surface area contributed by atoms with E-state index in [1.807, 2.05) is 6.92 Å². The van der Waals surface area contributed by atoms with Gasteiger partial charge in [0.05, 0.1) is 22.3 Å². The summed E-state index contributed by atoms with van der Waals surface area (Å²) in [4.78, 5) is 0. The molecule has 2 fully saturated rings. The Kier molecular flexibility index (Phi) is 11.1. The number of benzene rings is 2. The van der Waals surface area contributed by atoms with Crippen LogP contribution in [0.1, 0.15) is 93.4 Å². The van der Waals surface area contributed by atoms with Gasteiger partial charge in [0.1, 0.15) is 0 Å². The van der Waals surface area contributed by atoms with Gasteiger partial charge in [-0.1, -0.05) is 53.4 Å². The van der Waals surface area contributed by atoms with Gasteiger partial charge in [0, 0.05) is 11.0 Å². The van der Waals surface area contributed by atoms with Gasteiger partial charge in [-0.15, -0.1) is 5.73 Å². The Morgan fingerprint density at radius 1 is 0.551 bits per heavy atom. The molecule has 1 atom stereocenters. The maximum Gasteiger partial charge on any atom is 0.416 e. The van der Waals surface area contributed by atoms with Crippen molar-refractivity contribution >= 4 is 26.5 Å². The molecule has 5 rings (SSSR count). The molecule has 2 saturated carbocycles. The van der Waals surface area contributed by atoms with Crippen molar-refractivity contribution in [1.29, 1.82) is 0 Å². The van der Waals surface area contributed by atoms with E-state index in [1.54, 1.807) is 0 Å². The molecule has 0 spiro atoms. The number of alkyl halides is 12. The molecular weight excluding hydrogens is 710 g/mol. The van der Waals surface area contributed by atoms with Gasteiger partial charge >= 0.3 is 24.7 Å². The molecule has 1 radical (unpaired) electrons. The van der Waals surface area contributed by atoms with Crippen molar-refractivity contribution in [3.63, 3.8) is 0 Å². The first-order valence-corrected chi connectivity index (χ1v) is 18.9. The van der Waals surface area contributed by atoms with Crippen molar-refractivity contribution in [3.05, 3.63) is 87.4 Å². The Morgan fingerprint density at radius 2 is 0.898 bits per heavy atom. The van der Waals surface area contributed by atoms with E-state index in [2.05, 4.69) is 11.8 Å². The van der Waals surface area contributed by atoms with E-state index in [1.165, 1.54) is 6.08 Å². The van der Waals surface area contributed by atoms with Crippen LogP contribution >= 0.6 is 15.8 Å². The largest absolute Gasteiger partial charge is 0.416 e. The predicted octanol–water partition coefficient (Wildman–Crippen LogP) is 12.5. The first-order chi connectivity index (χ1) is 22.7. The Balaban J connectivity index is 1.73. The minimum atomic E-state index is -5.30. The van der Waals surface area contributed by atoms with Gasteiger partial charge in [-0.25, -0.2) is 0 Å². The fraction of sp³-hybridized carbons (Fsp3) is 0.514. The number of halogens is 12. The van der Waals surface area contributed by atoms with Crippen molar-refractivity contribution in [1.82, 2.24) is 0 Å². The van der Waals surface area contributed by atoms with Crippen LogP contribution in [-0.2, 0) is 24.7 Å². The fourth-order valence-electron chi connectivity index (χ4n) is 7.21. The van der Waals surface area contributed by atoms with E-state index in [-0.39, 0.29) is 23.1 Å². The van der Waals surface area contributed by atoms with Crippen LogP contribution in [0.15, 0.2) is 59.1 Å². The lowest BCUT2D eigenvalue weighted by Gasteiger charge is -2.43. The van der Waals surface area contributed by atoms with Crippen molar-refractivity contribution in [3.8, 4) is 0 Å². The highest BCUT2D eigenvalue weighted by molar-refractivity contribution is 7.77. The summed E-state index contributed by atoms with van der Waals surface area (Å²) >= 11 is 0. The summed E-state index contributed by atoms with van der Waals surface area (Å²) in [7, 11) is -3.70. The lowest BCUT2D eigenvalue weighted by molar-refractivity contribution is -0.144. The van der Waals surface area contributed by atoms with Gasteiger partial charge in [-0.2, -0.15) is 52.7 Å². The van der Waals surface area contributed by atoms with E-state index >= 15 is 0 Å². The van der Waals surface area contributed by atoms with Crippen molar-refractivity contribution in [2.75, 3.05) is 0 Å². The molecule has 0 N–H and O–H groups in total. The highest BCUT2D eigenvalue weighted by Gasteiger charge is 2.43.